The van der Waals surface area contributed by atoms with Crippen molar-refractivity contribution < 1.29 is 0 Å². The summed E-state index contributed by atoms with van der Waals surface area (Å²) < 4.78 is 0. The van der Waals surface area contributed by atoms with Crippen molar-refractivity contribution >= 4 is 11.8 Å². The average Bonchev–Trinajstić information content (AvgIpc) is 1.84. The minimum absolute atomic E-state index is 0.857. The van der Waals surface area contributed by atoms with Gasteiger partial charge in [-0.05, 0) is 51.3 Å². The van der Waals surface area contributed by atoms with Crippen LogP contribution in [0.1, 0.15) is 25.7 Å². The highest BCUT2D eigenvalue weighted by Gasteiger charge is 2.12. The van der Waals surface area contributed by atoms with Crippen LogP contribution in [0.15, 0.2) is 0 Å². The minimum atomic E-state index is 0.857. The van der Waals surface area contributed by atoms with Crippen molar-refractivity contribution in [1.82, 2.24) is 4.90 Å². The van der Waals surface area contributed by atoms with Crippen LogP contribution in [0.3, 0.4) is 0 Å². The van der Waals surface area contributed by atoms with Crippen LogP contribution in [0.25, 0.3) is 0 Å². The van der Waals surface area contributed by atoms with E-state index in [1.54, 1.807) is 0 Å². The van der Waals surface area contributed by atoms with Crippen LogP contribution in [0.5, 0.6) is 0 Å². The second-order valence-corrected chi connectivity index (χ2v) is 4.74. The first-order valence-corrected chi connectivity index (χ1v) is 5.70. The molecule has 0 aromatic carbocycles. The van der Waals surface area contributed by atoms with Gasteiger partial charge in [-0.25, -0.2) is 0 Å². The summed E-state index contributed by atoms with van der Waals surface area (Å²) in [5.74, 6) is 2.76. The van der Waals surface area contributed by atoms with Crippen molar-refractivity contribution in [3.63, 3.8) is 0 Å². The molecular formula is C9H19NS. The van der Waals surface area contributed by atoms with Gasteiger partial charge in [-0.3, -0.25) is 0 Å². The van der Waals surface area contributed by atoms with E-state index in [1.165, 1.54) is 37.2 Å². The van der Waals surface area contributed by atoms with E-state index >= 15 is 0 Å². The summed E-state index contributed by atoms with van der Waals surface area (Å²) in [6, 6.07) is 0.857. The summed E-state index contributed by atoms with van der Waals surface area (Å²) in [4.78, 5) is 2.38. The Morgan fingerprint density at radius 3 is 2.09 bits per heavy atom. The molecular weight excluding hydrogens is 154 g/mol. The van der Waals surface area contributed by atoms with Gasteiger partial charge in [-0.15, -0.1) is 0 Å². The quantitative estimate of drug-likeness (QED) is 0.598. The molecule has 1 saturated heterocycles. The van der Waals surface area contributed by atoms with E-state index in [-0.39, 0.29) is 0 Å². The monoisotopic (exact) mass is 173 g/mol. The van der Waals surface area contributed by atoms with E-state index in [2.05, 4.69) is 30.8 Å². The molecule has 1 aliphatic rings. The van der Waals surface area contributed by atoms with Crippen molar-refractivity contribution in [2.45, 2.75) is 31.7 Å². The van der Waals surface area contributed by atoms with Crippen LogP contribution in [-0.2, 0) is 0 Å². The van der Waals surface area contributed by atoms with Crippen LogP contribution >= 0.6 is 11.8 Å². The first-order valence-electron chi connectivity index (χ1n) is 4.55. The lowest BCUT2D eigenvalue weighted by molar-refractivity contribution is 0.260. The summed E-state index contributed by atoms with van der Waals surface area (Å²) in [5.41, 5.74) is 0. The molecule has 0 bridgehead atoms. The number of rotatable bonds is 1. The maximum absolute atomic E-state index is 2.38. The van der Waals surface area contributed by atoms with Gasteiger partial charge in [0.1, 0.15) is 0 Å². The van der Waals surface area contributed by atoms with E-state index in [1.807, 2.05) is 0 Å². The Morgan fingerprint density at radius 2 is 1.64 bits per heavy atom. The van der Waals surface area contributed by atoms with E-state index in [0.29, 0.717) is 0 Å². The third kappa shape index (κ3) is 3.48. The Bertz CT molecular complexity index is 95.7. The first kappa shape index (κ1) is 9.40. The molecule has 0 aliphatic carbocycles. The highest BCUT2D eigenvalue weighted by Crippen LogP contribution is 2.18. The molecule has 0 N–H and O–H groups in total. The van der Waals surface area contributed by atoms with E-state index in [0.717, 1.165) is 6.04 Å². The molecule has 0 atom stereocenters. The van der Waals surface area contributed by atoms with Crippen LogP contribution in [0, 0.1) is 0 Å². The van der Waals surface area contributed by atoms with Crippen LogP contribution in [-0.4, -0.2) is 36.5 Å². The number of hydrogen-bond acceptors (Lipinski definition) is 2. The molecule has 0 aromatic rings. The fraction of sp³-hybridized carbons (Fsp3) is 1.00. The SMILES string of the molecule is CN(C)C1CCCSCCC1. The van der Waals surface area contributed by atoms with E-state index < -0.39 is 0 Å². The summed E-state index contributed by atoms with van der Waals surface area (Å²) in [6.07, 6.45) is 5.63. The third-order valence-electron chi connectivity index (χ3n) is 2.38. The van der Waals surface area contributed by atoms with Crippen LogP contribution in [0.2, 0.25) is 0 Å². The van der Waals surface area contributed by atoms with Gasteiger partial charge < -0.3 is 4.90 Å². The highest BCUT2D eigenvalue weighted by atomic mass is 32.2. The molecule has 0 unspecified atom stereocenters. The van der Waals surface area contributed by atoms with Gasteiger partial charge in [-0.1, -0.05) is 0 Å². The number of nitrogens with zero attached hydrogens (tertiary/aromatic N) is 1. The minimum Gasteiger partial charge on any atom is -0.306 e. The molecule has 1 rings (SSSR count). The molecule has 1 heterocycles. The van der Waals surface area contributed by atoms with Crippen molar-refractivity contribution in [2.24, 2.45) is 0 Å². The van der Waals surface area contributed by atoms with Crippen LogP contribution < -0.4 is 0 Å². The van der Waals surface area contributed by atoms with Crippen molar-refractivity contribution in [3.8, 4) is 0 Å². The predicted molar refractivity (Wildman–Crippen MR) is 53.3 cm³/mol. The lowest BCUT2D eigenvalue weighted by Crippen LogP contribution is -2.28. The Labute approximate surface area is 74.5 Å². The fourth-order valence-electron chi connectivity index (χ4n) is 1.60. The third-order valence-corrected chi connectivity index (χ3v) is 3.54. The van der Waals surface area contributed by atoms with Gasteiger partial charge in [0, 0.05) is 6.04 Å². The summed E-state index contributed by atoms with van der Waals surface area (Å²) in [6.45, 7) is 0. The van der Waals surface area contributed by atoms with Gasteiger partial charge in [-0.2, -0.15) is 11.8 Å². The molecule has 0 aromatic heterocycles. The van der Waals surface area contributed by atoms with E-state index in [4.69, 9.17) is 0 Å². The van der Waals surface area contributed by atoms with Crippen LogP contribution in [0.4, 0.5) is 0 Å². The van der Waals surface area contributed by atoms with Gasteiger partial charge >= 0.3 is 0 Å². The lowest BCUT2D eigenvalue weighted by Gasteiger charge is -2.25. The van der Waals surface area contributed by atoms with Gasteiger partial charge in [0.2, 0.25) is 0 Å². The molecule has 1 aliphatic heterocycles. The topological polar surface area (TPSA) is 3.24 Å². The highest BCUT2D eigenvalue weighted by molar-refractivity contribution is 7.99. The normalized spacial score (nSPS) is 23.2. The first-order chi connectivity index (χ1) is 5.30. The molecule has 0 spiro atoms. The smallest absolute Gasteiger partial charge is 0.00897 e. The molecule has 1 nitrogen and oxygen atoms in total. The van der Waals surface area contributed by atoms with Gasteiger partial charge in [0.05, 0.1) is 0 Å². The zero-order valence-electron chi connectivity index (χ0n) is 7.68. The summed E-state index contributed by atoms with van der Waals surface area (Å²) >= 11 is 2.12. The summed E-state index contributed by atoms with van der Waals surface area (Å²) in [5, 5.41) is 0. The maximum atomic E-state index is 2.38. The van der Waals surface area contributed by atoms with Gasteiger partial charge in [0.15, 0.2) is 0 Å². The number of hydrogen-bond donors (Lipinski definition) is 0. The molecule has 0 radical (unpaired) electrons. The maximum Gasteiger partial charge on any atom is 0.00897 e. The Morgan fingerprint density at radius 1 is 1.09 bits per heavy atom. The zero-order chi connectivity index (χ0) is 8.10. The number of thioether (sulfide) groups is 1. The second-order valence-electron chi connectivity index (χ2n) is 3.51. The van der Waals surface area contributed by atoms with Crippen molar-refractivity contribution in [3.05, 3.63) is 0 Å². The van der Waals surface area contributed by atoms with Crippen molar-refractivity contribution in [2.75, 3.05) is 25.6 Å². The Balaban J connectivity index is 2.26. The predicted octanol–water partition coefficient (Wildman–Crippen LogP) is 2.22. The molecule has 1 fully saturated rings. The molecule has 66 valence electrons. The summed E-state index contributed by atoms with van der Waals surface area (Å²) in [7, 11) is 4.42. The Kier molecular flexibility index (Phi) is 4.31. The second kappa shape index (κ2) is 5.04. The fourth-order valence-corrected chi connectivity index (χ4v) is 2.55. The lowest BCUT2D eigenvalue weighted by atomic mass is 10.1. The molecule has 0 amide bonds. The zero-order valence-corrected chi connectivity index (χ0v) is 8.49. The van der Waals surface area contributed by atoms with Crippen molar-refractivity contribution in [1.29, 1.82) is 0 Å². The van der Waals surface area contributed by atoms with Gasteiger partial charge in [0.25, 0.3) is 0 Å². The molecule has 0 saturated carbocycles. The van der Waals surface area contributed by atoms with E-state index in [9.17, 15) is 0 Å². The average molecular weight is 173 g/mol. The largest absolute Gasteiger partial charge is 0.306 e. The molecule has 2 heteroatoms. The molecule has 11 heavy (non-hydrogen) atoms. The Hall–Kier alpha value is 0.310. The standard InChI is InChI=1S/C9H19NS/c1-10(2)9-5-3-7-11-8-4-6-9/h9H,3-8H2,1-2H3.